The second kappa shape index (κ2) is 5.93. The van der Waals surface area contributed by atoms with Crippen LogP contribution in [0.15, 0.2) is 36.5 Å². The van der Waals surface area contributed by atoms with Crippen molar-refractivity contribution in [2.45, 2.75) is 6.61 Å². The van der Waals surface area contributed by atoms with Gasteiger partial charge in [-0.2, -0.15) is 0 Å². The summed E-state index contributed by atoms with van der Waals surface area (Å²) in [4.78, 5) is 16.4. The maximum atomic E-state index is 12.3. The van der Waals surface area contributed by atoms with Crippen molar-refractivity contribution in [2.24, 2.45) is 0 Å². The van der Waals surface area contributed by atoms with Crippen LogP contribution in [0, 0.1) is 0 Å². The maximum Gasteiger partial charge on any atom is 0.339 e. The summed E-state index contributed by atoms with van der Waals surface area (Å²) in [7, 11) is 3.17. The van der Waals surface area contributed by atoms with Crippen LogP contribution in [0.1, 0.15) is 15.9 Å². The fraction of sp³-hybridized carbons (Fsp3) is 0.158. The molecule has 0 amide bonds. The van der Waals surface area contributed by atoms with Crippen LogP contribution >= 0.6 is 11.6 Å². The van der Waals surface area contributed by atoms with E-state index in [0.29, 0.717) is 22.2 Å². The number of benzene rings is 2. The number of hydrogen-bond acceptors (Lipinski definition) is 5. The number of fused-ring (bicyclic) bond motifs is 2. The fourth-order valence-electron chi connectivity index (χ4n) is 3.21. The number of carbonyl (C=O) groups excluding carboxylic acids is 1. The van der Waals surface area contributed by atoms with Gasteiger partial charge < -0.3 is 14.2 Å². The summed E-state index contributed by atoms with van der Waals surface area (Å²) in [6.45, 7) is 0.254. The van der Waals surface area contributed by atoms with E-state index in [1.54, 1.807) is 26.5 Å². The highest BCUT2D eigenvalue weighted by Gasteiger charge is 2.28. The fourth-order valence-corrected chi connectivity index (χ4v) is 3.38. The molecule has 0 spiro atoms. The van der Waals surface area contributed by atoms with Gasteiger partial charge in [0, 0.05) is 17.3 Å². The zero-order valence-corrected chi connectivity index (χ0v) is 14.4. The van der Waals surface area contributed by atoms with Crippen molar-refractivity contribution in [3.63, 3.8) is 0 Å². The number of carbonyl (C=O) groups is 1. The van der Waals surface area contributed by atoms with Gasteiger partial charge in [0.05, 0.1) is 19.8 Å². The molecule has 0 unspecified atom stereocenters. The van der Waals surface area contributed by atoms with Crippen molar-refractivity contribution >= 4 is 28.3 Å². The number of cyclic esters (lactones) is 1. The molecule has 25 heavy (non-hydrogen) atoms. The SMILES string of the molecule is COc1cc2cc3c(c(-c4ccnc(Cl)c4)c2cc1OC)C(=O)OC3. The summed E-state index contributed by atoms with van der Waals surface area (Å²) >= 11 is 6.07. The molecular formula is C19H14ClNO4. The molecule has 6 heteroatoms. The molecule has 126 valence electrons. The third kappa shape index (κ3) is 2.48. The van der Waals surface area contributed by atoms with Crippen LogP contribution in [-0.2, 0) is 11.3 Å². The summed E-state index contributed by atoms with van der Waals surface area (Å²) in [5, 5.41) is 2.14. The molecule has 0 atom stereocenters. The first-order chi connectivity index (χ1) is 12.1. The highest BCUT2D eigenvalue weighted by Crippen LogP contribution is 2.42. The number of pyridine rings is 1. The lowest BCUT2D eigenvalue weighted by atomic mass is 9.91. The van der Waals surface area contributed by atoms with Crippen LogP contribution < -0.4 is 9.47 Å². The van der Waals surface area contributed by atoms with Gasteiger partial charge in [0.15, 0.2) is 11.5 Å². The van der Waals surface area contributed by atoms with E-state index in [-0.39, 0.29) is 12.6 Å². The normalized spacial score (nSPS) is 12.8. The minimum Gasteiger partial charge on any atom is -0.493 e. The van der Waals surface area contributed by atoms with Gasteiger partial charge in [-0.3, -0.25) is 0 Å². The van der Waals surface area contributed by atoms with Gasteiger partial charge in [0.25, 0.3) is 0 Å². The first-order valence-corrected chi connectivity index (χ1v) is 8.01. The topological polar surface area (TPSA) is 57.7 Å². The van der Waals surface area contributed by atoms with Gasteiger partial charge in [0.2, 0.25) is 0 Å². The van der Waals surface area contributed by atoms with Crippen molar-refractivity contribution in [2.75, 3.05) is 14.2 Å². The Bertz CT molecular complexity index is 1020. The minimum absolute atomic E-state index is 0.254. The quantitative estimate of drug-likeness (QED) is 0.519. The smallest absolute Gasteiger partial charge is 0.339 e. The van der Waals surface area contributed by atoms with E-state index in [9.17, 15) is 4.79 Å². The second-order valence-electron chi connectivity index (χ2n) is 5.66. The van der Waals surface area contributed by atoms with Gasteiger partial charge in [-0.15, -0.1) is 0 Å². The highest BCUT2D eigenvalue weighted by molar-refractivity contribution is 6.29. The zero-order chi connectivity index (χ0) is 17.6. The predicted octanol–water partition coefficient (Wildman–Crippen LogP) is 4.24. The van der Waals surface area contributed by atoms with Gasteiger partial charge >= 0.3 is 5.97 Å². The predicted molar refractivity (Wildman–Crippen MR) is 94.4 cm³/mol. The van der Waals surface area contributed by atoms with Crippen LogP contribution in [0.5, 0.6) is 11.5 Å². The number of ether oxygens (including phenoxy) is 3. The Morgan fingerprint density at radius 1 is 1.08 bits per heavy atom. The molecule has 2 heterocycles. The van der Waals surface area contributed by atoms with Crippen molar-refractivity contribution in [1.82, 2.24) is 4.98 Å². The van der Waals surface area contributed by atoms with Crippen LogP contribution in [0.2, 0.25) is 5.15 Å². The van der Waals surface area contributed by atoms with E-state index >= 15 is 0 Å². The van der Waals surface area contributed by atoms with Gasteiger partial charge in [-0.05, 0) is 46.7 Å². The molecule has 1 aromatic heterocycles. The van der Waals surface area contributed by atoms with Crippen LogP contribution in [0.3, 0.4) is 0 Å². The number of halogens is 1. The number of rotatable bonds is 3. The molecule has 5 nitrogen and oxygen atoms in total. The Morgan fingerprint density at radius 2 is 1.84 bits per heavy atom. The summed E-state index contributed by atoms with van der Waals surface area (Å²) in [5.74, 6) is 0.872. The lowest BCUT2D eigenvalue weighted by molar-refractivity contribution is 0.0535. The second-order valence-corrected chi connectivity index (χ2v) is 6.04. The van der Waals surface area contributed by atoms with Crippen molar-refractivity contribution in [1.29, 1.82) is 0 Å². The molecule has 1 aliphatic heterocycles. The first-order valence-electron chi connectivity index (χ1n) is 7.63. The molecule has 0 N–H and O–H groups in total. The van der Waals surface area contributed by atoms with E-state index in [2.05, 4.69) is 4.98 Å². The molecular weight excluding hydrogens is 342 g/mol. The lowest BCUT2D eigenvalue weighted by Crippen LogP contribution is -2.00. The van der Waals surface area contributed by atoms with Crippen molar-refractivity contribution in [3.05, 3.63) is 52.8 Å². The molecule has 0 saturated heterocycles. The van der Waals surface area contributed by atoms with E-state index in [1.165, 1.54) is 0 Å². The third-order valence-electron chi connectivity index (χ3n) is 4.30. The molecule has 1 aliphatic rings. The van der Waals surface area contributed by atoms with E-state index in [0.717, 1.165) is 27.5 Å². The molecule has 3 aromatic rings. The van der Waals surface area contributed by atoms with Gasteiger partial charge in [0.1, 0.15) is 11.8 Å². The summed E-state index contributed by atoms with van der Waals surface area (Å²) in [6.07, 6.45) is 1.62. The Labute approximate surface area is 149 Å². The summed E-state index contributed by atoms with van der Waals surface area (Å²) in [6, 6.07) is 9.26. The summed E-state index contributed by atoms with van der Waals surface area (Å²) in [5.41, 5.74) is 2.96. The number of methoxy groups -OCH3 is 2. The Balaban J connectivity index is 2.14. The van der Waals surface area contributed by atoms with Gasteiger partial charge in [-0.25, -0.2) is 9.78 Å². The van der Waals surface area contributed by atoms with Crippen molar-refractivity contribution in [3.8, 4) is 22.6 Å². The van der Waals surface area contributed by atoms with E-state index in [1.807, 2.05) is 24.3 Å². The molecule has 4 rings (SSSR count). The van der Waals surface area contributed by atoms with E-state index < -0.39 is 0 Å². The average molecular weight is 356 g/mol. The zero-order valence-electron chi connectivity index (χ0n) is 13.6. The van der Waals surface area contributed by atoms with Gasteiger partial charge in [-0.1, -0.05) is 11.6 Å². The molecule has 0 fully saturated rings. The van der Waals surface area contributed by atoms with Crippen LogP contribution in [-0.4, -0.2) is 25.2 Å². The molecule has 2 aromatic carbocycles. The maximum absolute atomic E-state index is 12.3. The lowest BCUT2D eigenvalue weighted by Gasteiger charge is -2.15. The third-order valence-corrected chi connectivity index (χ3v) is 4.51. The Morgan fingerprint density at radius 3 is 2.56 bits per heavy atom. The van der Waals surface area contributed by atoms with Crippen LogP contribution in [0.4, 0.5) is 0 Å². The largest absolute Gasteiger partial charge is 0.493 e. The Kier molecular flexibility index (Phi) is 3.73. The first kappa shape index (κ1) is 15.7. The Hall–Kier alpha value is -2.79. The molecule has 0 radical (unpaired) electrons. The van der Waals surface area contributed by atoms with E-state index in [4.69, 9.17) is 25.8 Å². The number of hydrogen-bond donors (Lipinski definition) is 0. The number of nitrogens with zero attached hydrogens (tertiary/aromatic N) is 1. The number of aromatic nitrogens is 1. The minimum atomic E-state index is -0.338. The van der Waals surface area contributed by atoms with Crippen molar-refractivity contribution < 1.29 is 19.0 Å². The molecule has 0 bridgehead atoms. The molecule has 0 aliphatic carbocycles. The summed E-state index contributed by atoms with van der Waals surface area (Å²) < 4.78 is 16.1. The van der Waals surface area contributed by atoms with Crippen LogP contribution in [0.25, 0.3) is 21.9 Å². The standard InChI is InChI=1S/C19H14ClNO4/c1-23-14-6-11-5-12-9-25-19(22)18(12)17(13(11)8-15(14)24-2)10-3-4-21-16(20)7-10/h3-8H,9H2,1-2H3. The number of esters is 1. The average Bonchev–Trinajstić information content (AvgIpc) is 2.99. The monoisotopic (exact) mass is 355 g/mol. The molecule has 0 saturated carbocycles. The highest BCUT2D eigenvalue weighted by atomic mass is 35.5.